The van der Waals surface area contributed by atoms with Crippen LogP contribution in [0.4, 0.5) is 0 Å². The lowest BCUT2D eigenvalue weighted by Gasteiger charge is -1.97. The zero-order chi connectivity index (χ0) is 15.9. The van der Waals surface area contributed by atoms with E-state index < -0.39 is 0 Å². The fourth-order valence-corrected chi connectivity index (χ4v) is 3.43. The van der Waals surface area contributed by atoms with Gasteiger partial charge >= 0.3 is 0 Å². The van der Waals surface area contributed by atoms with Crippen LogP contribution in [0.1, 0.15) is 5.82 Å². The molecule has 0 saturated carbocycles. The van der Waals surface area contributed by atoms with Crippen LogP contribution in [0.5, 0.6) is 0 Å². The van der Waals surface area contributed by atoms with Gasteiger partial charge in [-0.2, -0.15) is 0 Å². The number of hydrogen-bond acceptors (Lipinski definition) is 5. The monoisotopic (exact) mass is 332 g/mol. The maximum Gasteiger partial charge on any atom is 0.211 e. The molecular formula is C17H12N6S. The van der Waals surface area contributed by atoms with E-state index in [1.165, 1.54) is 11.8 Å². The predicted molar refractivity (Wildman–Crippen MR) is 94.8 cm³/mol. The van der Waals surface area contributed by atoms with Crippen molar-refractivity contribution in [3.63, 3.8) is 0 Å². The summed E-state index contributed by atoms with van der Waals surface area (Å²) in [7, 11) is 0. The first-order valence-corrected chi connectivity index (χ1v) is 8.53. The van der Waals surface area contributed by atoms with Crippen molar-refractivity contribution in [2.24, 2.45) is 0 Å². The zero-order valence-corrected chi connectivity index (χ0v) is 13.3. The van der Waals surface area contributed by atoms with Gasteiger partial charge in [-0.3, -0.25) is 0 Å². The van der Waals surface area contributed by atoms with Crippen molar-refractivity contribution in [2.45, 2.75) is 10.9 Å². The predicted octanol–water partition coefficient (Wildman–Crippen LogP) is 3.67. The highest BCUT2D eigenvalue weighted by molar-refractivity contribution is 7.98. The first-order valence-electron chi connectivity index (χ1n) is 7.54. The van der Waals surface area contributed by atoms with Crippen molar-refractivity contribution in [1.29, 1.82) is 0 Å². The van der Waals surface area contributed by atoms with Crippen LogP contribution in [0.2, 0.25) is 0 Å². The topological polar surface area (TPSA) is 83.1 Å². The van der Waals surface area contributed by atoms with Gasteiger partial charge in [0.05, 0.1) is 16.8 Å². The van der Waals surface area contributed by atoms with Gasteiger partial charge < -0.3 is 9.97 Å². The Morgan fingerprint density at radius 1 is 0.833 bits per heavy atom. The van der Waals surface area contributed by atoms with Crippen LogP contribution in [-0.4, -0.2) is 30.1 Å². The smallest absolute Gasteiger partial charge is 0.211 e. The van der Waals surface area contributed by atoms with Crippen molar-refractivity contribution in [1.82, 2.24) is 30.1 Å². The Morgan fingerprint density at radius 3 is 2.58 bits per heavy atom. The molecule has 0 saturated heterocycles. The van der Waals surface area contributed by atoms with E-state index in [0.717, 1.165) is 38.9 Å². The molecule has 116 valence electrons. The van der Waals surface area contributed by atoms with Crippen LogP contribution < -0.4 is 0 Å². The molecule has 0 bridgehead atoms. The molecule has 24 heavy (non-hydrogen) atoms. The molecule has 0 aliphatic rings. The third-order valence-corrected chi connectivity index (χ3v) is 4.73. The van der Waals surface area contributed by atoms with Gasteiger partial charge in [-0.15, -0.1) is 10.2 Å². The minimum atomic E-state index is 0.634. The van der Waals surface area contributed by atoms with Crippen molar-refractivity contribution >= 4 is 44.9 Å². The molecular weight excluding hydrogens is 320 g/mol. The van der Waals surface area contributed by atoms with E-state index in [9.17, 15) is 0 Å². The highest BCUT2D eigenvalue weighted by atomic mass is 32.2. The summed E-state index contributed by atoms with van der Waals surface area (Å²) in [5.41, 5.74) is 4.60. The van der Waals surface area contributed by atoms with E-state index in [2.05, 4.69) is 30.1 Å². The molecule has 0 aliphatic carbocycles. The molecule has 0 amide bonds. The molecule has 2 aromatic carbocycles. The molecule has 0 atom stereocenters. The Kier molecular flexibility index (Phi) is 2.99. The van der Waals surface area contributed by atoms with Gasteiger partial charge in [0.2, 0.25) is 5.16 Å². The Hall–Kier alpha value is -2.93. The summed E-state index contributed by atoms with van der Waals surface area (Å²) < 4.78 is 0. The number of aromatic amines is 2. The summed E-state index contributed by atoms with van der Waals surface area (Å²) >= 11 is 1.52. The third-order valence-electron chi connectivity index (χ3n) is 3.88. The van der Waals surface area contributed by atoms with Crippen molar-refractivity contribution in [3.05, 3.63) is 54.4 Å². The molecule has 2 N–H and O–H groups in total. The number of benzene rings is 2. The lowest BCUT2D eigenvalue weighted by molar-refractivity contribution is 0.877. The van der Waals surface area contributed by atoms with E-state index in [0.29, 0.717) is 10.9 Å². The van der Waals surface area contributed by atoms with E-state index >= 15 is 0 Å². The molecule has 5 rings (SSSR count). The van der Waals surface area contributed by atoms with Crippen LogP contribution in [0.15, 0.2) is 53.7 Å². The van der Waals surface area contributed by atoms with Gasteiger partial charge in [-0.25, -0.2) is 9.97 Å². The number of thioether (sulfide) groups is 1. The van der Waals surface area contributed by atoms with Crippen LogP contribution in [0.3, 0.4) is 0 Å². The standard InChI is InChI=1S/C17H12N6S/c1-2-6-11-10(5-1)15-16(20-11)21-17(23-22-15)24-9-14-18-12-7-3-4-8-13(12)19-14/h1-8H,9H2,(H,18,19)(H,20,21,23). The number of H-pyrrole nitrogens is 2. The van der Waals surface area contributed by atoms with E-state index in [4.69, 9.17) is 0 Å². The molecule has 6 nitrogen and oxygen atoms in total. The minimum absolute atomic E-state index is 0.634. The summed E-state index contributed by atoms with van der Waals surface area (Å²) in [5.74, 6) is 1.57. The lowest BCUT2D eigenvalue weighted by Crippen LogP contribution is -1.92. The SMILES string of the molecule is c1ccc2[nH]c(CSc3nnc4c(n3)[nH]c3ccccc34)nc2c1. The summed E-state index contributed by atoms with van der Waals surface area (Å²) in [6, 6.07) is 16.0. The second-order valence-electron chi connectivity index (χ2n) is 5.45. The molecule has 0 radical (unpaired) electrons. The summed E-state index contributed by atoms with van der Waals surface area (Å²) in [6.45, 7) is 0. The Balaban J connectivity index is 1.45. The van der Waals surface area contributed by atoms with E-state index in [-0.39, 0.29) is 0 Å². The maximum atomic E-state index is 4.57. The number of para-hydroxylation sites is 3. The van der Waals surface area contributed by atoms with Crippen LogP contribution >= 0.6 is 11.8 Å². The number of rotatable bonds is 3. The first kappa shape index (κ1) is 13.5. The number of nitrogens with one attached hydrogen (secondary N) is 2. The lowest BCUT2D eigenvalue weighted by atomic mass is 10.2. The fourth-order valence-electron chi connectivity index (χ4n) is 2.77. The minimum Gasteiger partial charge on any atom is -0.341 e. The Bertz CT molecular complexity index is 1140. The highest BCUT2D eigenvalue weighted by Crippen LogP contribution is 2.24. The number of imidazole rings is 1. The van der Waals surface area contributed by atoms with Crippen molar-refractivity contribution in [2.75, 3.05) is 0 Å². The molecule has 3 aromatic heterocycles. The summed E-state index contributed by atoms with van der Waals surface area (Å²) in [5, 5.41) is 10.2. The number of fused-ring (bicyclic) bond motifs is 4. The quantitative estimate of drug-likeness (QED) is 0.493. The molecule has 0 fully saturated rings. The second kappa shape index (κ2) is 5.31. The Morgan fingerprint density at radius 2 is 1.67 bits per heavy atom. The normalized spacial score (nSPS) is 11.7. The largest absolute Gasteiger partial charge is 0.341 e. The average Bonchev–Trinajstić information content (AvgIpc) is 3.20. The third kappa shape index (κ3) is 2.21. The van der Waals surface area contributed by atoms with Crippen molar-refractivity contribution < 1.29 is 0 Å². The maximum absolute atomic E-state index is 4.57. The first-order chi connectivity index (χ1) is 11.9. The number of nitrogens with zero attached hydrogens (tertiary/aromatic N) is 4. The number of hydrogen-bond donors (Lipinski definition) is 2. The zero-order valence-electron chi connectivity index (χ0n) is 12.5. The van der Waals surface area contributed by atoms with Crippen LogP contribution in [-0.2, 0) is 5.75 Å². The van der Waals surface area contributed by atoms with Gasteiger partial charge in [0.1, 0.15) is 11.3 Å². The van der Waals surface area contributed by atoms with Crippen LogP contribution in [0.25, 0.3) is 33.1 Å². The fraction of sp³-hybridized carbons (Fsp3) is 0.0588. The Labute approximate surface area is 140 Å². The molecule has 3 heterocycles. The molecule has 0 aliphatic heterocycles. The van der Waals surface area contributed by atoms with Crippen molar-refractivity contribution in [3.8, 4) is 0 Å². The summed E-state index contributed by atoms with van der Waals surface area (Å²) in [4.78, 5) is 15.7. The summed E-state index contributed by atoms with van der Waals surface area (Å²) in [6.07, 6.45) is 0. The van der Waals surface area contributed by atoms with E-state index in [1.54, 1.807) is 0 Å². The van der Waals surface area contributed by atoms with Gasteiger partial charge in [-0.1, -0.05) is 42.1 Å². The second-order valence-corrected chi connectivity index (χ2v) is 6.39. The van der Waals surface area contributed by atoms with E-state index in [1.807, 2.05) is 48.5 Å². The molecule has 0 unspecified atom stereocenters. The van der Waals surface area contributed by atoms with Gasteiger partial charge in [-0.05, 0) is 18.2 Å². The molecule has 5 aromatic rings. The molecule has 7 heteroatoms. The highest BCUT2D eigenvalue weighted by Gasteiger charge is 2.10. The average molecular weight is 332 g/mol. The van der Waals surface area contributed by atoms with Crippen LogP contribution in [0, 0.1) is 0 Å². The van der Waals surface area contributed by atoms with Gasteiger partial charge in [0, 0.05) is 10.9 Å². The number of aromatic nitrogens is 6. The van der Waals surface area contributed by atoms with Gasteiger partial charge in [0.25, 0.3) is 0 Å². The van der Waals surface area contributed by atoms with Gasteiger partial charge in [0.15, 0.2) is 5.65 Å². The molecule has 0 spiro atoms.